The topological polar surface area (TPSA) is 72.9 Å². The van der Waals surface area contributed by atoms with Gasteiger partial charge in [0.05, 0.1) is 0 Å². The molecule has 1 fully saturated rings. The van der Waals surface area contributed by atoms with Gasteiger partial charge in [-0.1, -0.05) is 0 Å². The molecule has 1 unspecified atom stereocenters. The molecule has 0 aromatic heterocycles. The molecule has 1 saturated heterocycles. The summed E-state index contributed by atoms with van der Waals surface area (Å²) in [6, 6.07) is 0.0130. The maximum absolute atomic E-state index is 12.1. The Morgan fingerprint density at radius 3 is 2.83 bits per heavy atom. The summed E-state index contributed by atoms with van der Waals surface area (Å²) in [5, 5.41) is 11.8. The number of amides is 2. The number of hydrogen-bond donors (Lipinski definition) is 2. The average Bonchev–Trinajstić information content (AvgIpc) is 2.75. The van der Waals surface area contributed by atoms with Crippen molar-refractivity contribution in [1.29, 1.82) is 0 Å². The zero-order valence-corrected chi connectivity index (χ0v) is 11.2. The zero-order valence-electron chi connectivity index (χ0n) is 11.2. The molecule has 104 valence electrons. The molecule has 6 nitrogen and oxygen atoms in total. The van der Waals surface area contributed by atoms with E-state index in [0.29, 0.717) is 13.1 Å². The minimum absolute atomic E-state index is 0.0130. The van der Waals surface area contributed by atoms with Crippen LogP contribution in [0.1, 0.15) is 19.3 Å². The number of carboxylic acid groups (broad SMARTS) is 1. The fraction of sp³-hybridized carbons (Fsp3) is 0.833. The summed E-state index contributed by atoms with van der Waals surface area (Å²) in [6.07, 6.45) is 1.88. The highest BCUT2D eigenvalue weighted by molar-refractivity contribution is 5.74. The number of hydrogen-bond acceptors (Lipinski definition) is 3. The fourth-order valence-corrected chi connectivity index (χ4v) is 2.25. The van der Waals surface area contributed by atoms with Crippen LogP contribution in [0.2, 0.25) is 0 Å². The monoisotopic (exact) mass is 257 g/mol. The fourth-order valence-electron chi connectivity index (χ4n) is 2.25. The molecule has 1 aliphatic heterocycles. The van der Waals surface area contributed by atoms with Crippen molar-refractivity contribution < 1.29 is 14.7 Å². The molecule has 1 aliphatic rings. The molecule has 0 saturated carbocycles. The predicted molar refractivity (Wildman–Crippen MR) is 68.5 cm³/mol. The first kappa shape index (κ1) is 14.8. The number of likely N-dealkylation sites (tertiary alicyclic amines) is 1. The normalized spacial score (nSPS) is 19.0. The highest BCUT2D eigenvalue weighted by Crippen LogP contribution is 2.20. The van der Waals surface area contributed by atoms with Gasteiger partial charge in [-0.2, -0.15) is 0 Å². The molecular formula is C12H23N3O3. The summed E-state index contributed by atoms with van der Waals surface area (Å²) in [4.78, 5) is 26.1. The number of aliphatic carboxylic acids is 1. The van der Waals surface area contributed by atoms with Gasteiger partial charge in [0.1, 0.15) is 0 Å². The third kappa shape index (κ3) is 4.52. The second-order valence-electron chi connectivity index (χ2n) is 4.86. The van der Waals surface area contributed by atoms with Gasteiger partial charge in [-0.25, -0.2) is 4.79 Å². The van der Waals surface area contributed by atoms with Crippen LogP contribution >= 0.6 is 0 Å². The van der Waals surface area contributed by atoms with Crippen LogP contribution in [0.4, 0.5) is 4.79 Å². The molecule has 1 heterocycles. The molecule has 0 aromatic rings. The highest BCUT2D eigenvalue weighted by atomic mass is 16.4. The van der Waals surface area contributed by atoms with Crippen LogP contribution in [0.25, 0.3) is 0 Å². The molecular weight excluding hydrogens is 234 g/mol. The van der Waals surface area contributed by atoms with E-state index >= 15 is 0 Å². The van der Waals surface area contributed by atoms with Crippen molar-refractivity contribution in [2.75, 3.05) is 40.3 Å². The van der Waals surface area contributed by atoms with E-state index in [-0.39, 0.29) is 18.4 Å². The Labute approximate surface area is 108 Å². The van der Waals surface area contributed by atoms with Crippen molar-refractivity contribution in [1.82, 2.24) is 15.1 Å². The van der Waals surface area contributed by atoms with Crippen LogP contribution < -0.4 is 5.32 Å². The molecule has 0 radical (unpaired) electrons. The van der Waals surface area contributed by atoms with E-state index in [1.54, 1.807) is 16.8 Å². The molecule has 2 amide bonds. The Bertz CT molecular complexity index is 296. The third-order valence-corrected chi connectivity index (χ3v) is 3.27. The van der Waals surface area contributed by atoms with Crippen molar-refractivity contribution in [3.63, 3.8) is 0 Å². The van der Waals surface area contributed by atoms with Crippen molar-refractivity contribution in [2.24, 2.45) is 5.92 Å². The molecule has 0 aromatic carbocycles. The lowest BCUT2D eigenvalue weighted by molar-refractivity contribution is -0.138. The first-order valence-corrected chi connectivity index (χ1v) is 6.41. The van der Waals surface area contributed by atoms with Gasteiger partial charge in [0.25, 0.3) is 0 Å². The second kappa shape index (κ2) is 7.20. The maximum atomic E-state index is 12.1. The number of carbonyl (C=O) groups is 2. The van der Waals surface area contributed by atoms with E-state index < -0.39 is 5.97 Å². The summed E-state index contributed by atoms with van der Waals surface area (Å²) in [7, 11) is 3.68. The summed E-state index contributed by atoms with van der Waals surface area (Å²) in [5.41, 5.74) is 0. The van der Waals surface area contributed by atoms with Crippen molar-refractivity contribution in [3.05, 3.63) is 0 Å². The lowest BCUT2D eigenvalue weighted by atomic mass is 10.1. The molecule has 2 N–H and O–H groups in total. The van der Waals surface area contributed by atoms with E-state index in [1.807, 2.05) is 7.05 Å². The van der Waals surface area contributed by atoms with Gasteiger partial charge < -0.3 is 20.2 Å². The molecule has 18 heavy (non-hydrogen) atoms. The number of rotatable bonds is 6. The predicted octanol–water partition coefficient (Wildman–Crippen LogP) is 0.444. The maximum Gasteiger partial charge on any atom is 0.319 e. The number of urea groups is 1. The zero-order chi connectivity index (χ0) is 13.5. The minimum Gasteiger partial charge on any atom is -0.481 e. The lowest BCUT2D eigenvalue weighted by Crippen LogP contribution is -2.40. The SMILES string of the molecule is CNCCCN(C)C(=O)N1CCC(CC(=O)O)C1. The van der Waals surface area contributed by atoms with Crippen LogP contribution in [0.15, 0.2) is 0 Å². The van der Waals surface area contributed by atoms with Gasteiger partial charge >= 0.3 is 12.0 Å². The van der Waals surface area contributed by atoms with Crippen LogP contribution in [0.3, 0.4) is 0 Å². The first-order chi connectivity index (χ1) is 8.54. The van der Waals surface area contributed by atoms with Crippen molar-refractivity contribution in [3.8, 4) is 0 Å². The Kier molecular flexibility index (Phi) is 5.91. The van der Waals surface area contributed by atoms with E-state index in [4.69, 9.17) is 5.11 Å². The largest absolute Gasteiger partial charge is 0.481 e. The van der Waals surface area contributed by atoms with Crippen LogP contribution in [-0.2, 0) is 4.79 Å². The molecule has 0 bridgehead atoms. The number of nitrogens with zero attached hydrogens (tertiary/aromatic N) is 2. The van der Waals surface area contributed by atoms with E-state index in [0.717, 1.165) is 25.9 Å². The molecule has 1 rings (SSSR count). The number of carbonyl (C=O) groups excluding carboxylic acids is 1. The Balaban J connectivity index is 2.32. The van der Waals surface area contributed by atoms with E-state index in [9.17, 15) is 9.59 Å². The van der Waals surface area contributed by atoms with Gasteiger partial charge in [0.15, 0.2) is 0 Å². The average molecular weight is 257 g/mol. The number of nitrogens with one attached hydrogen (secondary N) is 1. The second-order valence-corrected chi connectivity index (χ2v) is 4.86. The summed E-state index contributed by atoms with van der Waals surface area (Å²) in [6.45, 7) is 2.85. The summed E-state index contributed by atoms with van der Waals surface area (Å²) in [5.74, 6) is -0.672. The van der Waals surface area contributed by atoms with Gasteiger partial charge in [0, 0.05) is 33.1 Å². The summed E-state index contributed by atoms with van der Waals surface area (Å²) >= 11 is 0. The van der Waals surface area contributed by atoms with Gasteiger partial charge in [-0.3, -0.25) is 4.79 Å². The molecule has 0 aliphatic carbocycles. The van der Waals surface area contributed by atoms with Crippen LogP contribution in [-0.4, -0.2) is 67.2 Å². The summed E-state index contributed by atoms with van der Waals surface area (Å²) < 4.78 is 0. The van der Waals surface area contributed by atoms with Gasteiger partial charge in [-0.05, 0) is 32.4 Å². The van der Waals surface area contributed by atoms with E-state index in [2.05, 4.69) is 5.32 Å². The number of carboxylic acids is 1. The Morgan fingerprint density at radius 2 is 2.22 bits per heavy atom. The van der Waals surface area contributed by atoms with Crippen molar-refractivity contribution in [2.45, 2.75) is 19.3 Å². The molecule has 0 spiro atoms. The molecule has 1 atom stereocenters. The third-order valence-electron chi connectivity index (χ3n) is 3.27. The van der Waals surface area contributed by atoms with Gasteiger partial charge in [-0.15, -0.1) is 0 Å². The Hall–Kier alpha value is -1.30. The van der Waals surface area contributed by atoms with Crippen LogP contribution in [0.5, 0.6) is 0 Å². The Morgan fingerprint density at radius 1 is 1.50 bits per heavy atom. The lowest BCUT2D eigenvalue weighted by Gasteiger charge is -2.24. The molecule has 6 heteroatoms. The standard InChI is InChI=1S/C12H23N3O3/c1-13-5-3-6-14(2)12(18)15-7-4-10(9-15)8-11(16)17/h10,13H,3-9H2,1-2H3,(H,16,17). The minimum atomic E-state index is -0.781. The van der Waals surface area contributed by atoms with E-state index in [1.165, 1.54) is 0 Å². The quantitative estimate of drug-likeness (QED) is 0.677. The highest BCUT2D eigenvalue weighted by Gasteiger charge is 2.29. The van der Waals surface area contributed by atoms with Gasteiger partial charge in [0.2, 0.25) is 0 Å². The first-order valence-electron chi connectivity index (χ1n) is 6.41. The van der Waals surface area contributed by atoms with Crippen molar-refractivity contribution >= 4 is 12.0 Å². The van der Waals surface area contributed by atoms with Crippen LogP contribution in [0, 0.1) is 5.92 Å². The smallest absolute Gasteiger partial charge is 0.319 e.